The van der Waals surface area contributed by atoms with E-state index in [1.807, 2.05) is 6.92 Å². The number of hydrogen-bond acceptors (Lipinski definition) is 3. The van der Waals surface area contributed by atoms with Gasteiger partial charge in [-0.15, -0.1) is 0 Å². The van der Waals surface area contributed by atoms with Crippen molar-refractivity contribution in [2.45, 2.75) is 13.3 Å². The fraction of sp³-hybridized carbons (Fsp3) is 0.320. The summed E-state index contributed by atoms with van der Waals surface area (Å²) in [6, 6.07) is 10.3. The highest BCUT2D eigenvalue weighted by atomic mass is 79.9. The first kappa shape index (κ1) is 20.2. The van der Waals surface area contributed by atoms with Crippen molar-refractivity contribution >= 4 is 56.6 Å². The number of benzene rings is 2. The van der Waals surface area contributed by atoms with E-state index in [-0.39, 0.29) is 41.4 Å². The van der Waals surface area contributed by atoms with Crippen LogP contribution in [-0.2, 0) is 9.59 Å². The molecule has 7 heteroatoms. The van der Waals surface area contributed by atoms with Gasteiger partial charge in [-0.1, -0.05) is 29.8 Å². The summed E-state index contributed by atoms with van der Waals surface area (Å²) in [6.45, 7) is 1.83. The second kappa shape index (κ2) is 7.03. The minimum absolute atomic E-state index is 0.127. The number of amides is 3. The molecule has 0 aromatic heterocycles. The number of imide groups is 1. The Labute approximate surface area is 198 Å². The van der Waals surface area contributed by atoms with Crippen LogP contribution in [0.15, 0.2) is 53.0 Å². The Bertz CT molecular complexity index is 1210. The minimum atomic E-state index is -0.326. The Hall–Kier alpha value is -2.44. The Morgan fingerprint density at radius 2 is 1.72 bits per heavy atom. The highest BCUT2D eigenvalue weighted by molar-refractivity contribution is 9.10. The normalized spacial score (nSPS) is 31.5. The number of carbonyl (C=O) groups is 3. The van der Waals surface area contributed by atoms with Gasteiger partial charge >= 0.3 is 0 Å². The molecule has 3 fully saturated rings. The van der Waals surface area contributed by atoms with E-state index >= 15 is 0 Å². The van der Waals surface area contributed by atoms with Gasteiger partial charge in [0.05, 0.1) is 22.5 Å². The molecule has 2 aromatic rings. The Morgan fingerprint density at radius 3 is 2.38 bits per heavy atom. The summed E-state index contributed by atoms with van der Waals surface area (Å²) in [7, 11) is 0. The lowest BCUT2D eigenvalue weighted by Gasteiger charge is -2.37. The van der Waals surface area contributed by atoms with Crippen molar-refractivity contribution in [3.8, 4) is 0 Å². The number of nitrogens with zero attached hydrogens (tertiary/aromatic N) is 1. The summed E-state index contributed by atoms with van der Waals surface area (Å²) in [5.74, 6) is 0.365. The van der Waals surface area contributed by atoms with Crippen LogP contribution in [0.1, 0.15) is 22.3 Å². The van der Waals surface area contributed by atoms with Gasteiger partial charge in [-0.25, -0.2) is 4.90 Å². The highest BCUT2D eigenvalue weighted by Crippen LogP contribution is 2.65. The lowest BCUT2D eigenvalue weighted by atomic mass is 9.63. The van der Waals surface area contributed by atoms with Crippen LogP contribution >= 0.6 is 27.5 Å². The largest absolute Gasteiger partial charge is 0.322 e. The average molecular weight is 512 g/mol. The smallest absolute Gasteiger partial charge is 0.255 e. The monoisotopic (exact) mass is 510 g/mol. The van der Waals surface area contributed by atoms with E-state index in [9.17, 15) is 14.4 Å². The molecular formula is C25H20BrClN2O3. The second-order valence-electron chi connectivity index (χ2n) is 9.20. The molecule has 2 aromatic carbocycles. The van der Waals surface area contributed by atoms with Gasteiger partial charge in [0.1, 0.15) is 0 Å². The molecule has 2 saturated carbocycles. The third-order valence-corrected chi connectivity index (χ3v) is 8.99. The number of allylic oxidation sites excluding steroid dienone is 2. The van der Waals surface area contributed by atoms with E-state index < -0.39 is 0 Å². The molecule has 5 aliphatic rings. The molecule has 3 amide bonds. The zero-order chi connectivity index (χ0) is 22.3. The number of halogens is 2. The third kappa shape index (κ3) is 2.78. The number of nitrogens with one attached hydrogen (secondary N) is 1. The Kier molecular flexibility index (Phi) is 4.43. The molecule has 0 spiro atoms. The maximum atomic E-state index is 13.3. The number of rotatable bonds is 3. The van der Waals surface area contributed by atoms with Gasteiger partial charge in [0, 0.05) is 15.7 Å². The summed E-state index contributed by atoms with van der Waals surface area (Å²) in [5, 5.41) is 3.41. The SMILES string of the molecule is Cc1c(NC(=O)c2cccc(N3C(=O)[C@H]4[C@@H]5C=C[C@@H]([C@H]6C[C@H]56)[C@@H]4C3=O)c2)ccc(Br)c1Cl. The quantitative estimate of drug-likeness (QED) is 0.454. The summed E-state index contributed by atoms with van der Waals surface area (Å²) < 4.78 is 0.755. The van der Waals surface area contributed by atoms with Crippen molar-refractivity contribution < 1.29 is 14.4 Å². The molecule has 0 radical (unpaired) electrons. The van der Waals surface area contributed by atoms with Gasteiger partial charge in [-0.2, -0.15) is 0 Å². The standard InChI is InChI=1S/C25H20BrClN2O3/c1-11-19(8-7-18(26)22(11)27)28-23(30)12-3-2-4-13(9-12)29-24(31)20-14-5-6-15(17-10-16(14)17)21(20)25(29)32/h2-9,14-17,20-21H,10H2,1H3,(H,28,30)/t14-,15+,16-,17-,20+,21+/m1/s1. The van der Waals surface area contributed by atoms with Crippen LogP contribution in [0.3, 0.4) is 0 Å². The van der Waals surface area contributed by atoms with Crippen molar-refractivity contribution in [3.05, 3.63) is 69.2 Å². The molecule has 32 heavy (non-hydrogen) atoms. The first-order valence-electron chi connectivity index (χ1n) is 10.8. The van der Waals surface area contributed by atoms with Crippen molar-refractivity contribution in [3.63, 3.8) is 0 Å². The second-order valence-corrected chi connectivity index (χ2v) is 10.4. The predicted octanol–water partition coefficient (Wildman–Crippen LogP) is 5.22. The van der Waals surface area contributed by atoms with Gasteiger partial charge in [0.2, 0.25) is 11.8 Å². The van der Waals surface area contributed by atoms with Gasteiger partial charge < -0.3 is 5.32 Å². The van der Waals surface area contributed by atoms with Crippen LogP contribution in [0.5, 0.6) is 0 Å². The summed E-state index contributed by atoms with van der Waals surface area (Å²) in [5.41, 5.74) is 2.19. The summed E-state index contributed by atoms with van der Waals surface area (Å²) >= 11 is 9.65. The maximum absolute atomic E-state index is 13.3. The van der Waals surface area contributed by atoms with Crippen molar-refractivity contribution in [1.82, 2.24) is 0 Å². The van der Waals surface area contributed by atoms with Crippen LogP contribution in [0.2, 0.25) is 5.02 Å². The van der Waals surface area contributed by atoms with Crippen LogP contribution in [0, 0.1) is 42.4 Å². The molecule has 1 saturated heterocycles. The summed E-state index contributed by atoms with van der Waals surface area (Å²) in [4.78, 5) is 40.9. The molecule has 1 aliphatic heterocycles. The van der Waals surface area contributed by atoms with Crippen molar-refractivity contribution in [2.75, 3.05) is 10.2 Å². The molecule has 7 rings (SSSR count). The van der Waals surface area contributed by atoms with E-state index in [4.69, 9.17) is 11.6 Å². The number of carbonyl (C=O) groups excluding carboxylic acids is 3. The van der Waals surface area contributed by atoms with E-state index in [2.05, 4.69) is 33.4 Å². The van der Waals surface area contributed by atoms with Crippen molar-refractivity contribution in [1.29, 1.82) is 0 Å². The molecule has 162 valence electrons. The first-order valence-corrected chi connectivity index (χ1v) is 12.0. The number of anilines is 2. The van der Waals surface area contributed by atoms with Gasteiger partial charge in [-0.05, 0) is 88.8 Å². The predicted molar refractivity (Wildman–Crippen MR) is 125 cm³/mol. The highest BCUT2D eigenvalue weighted by Gasteiger charge is 2.67. The fourth-order valence-electron chi connectivity index (χ4n) is 5.98. The zero-order valence-electron chi connectivity index (χ0n) is 17.2. The third-order valence-electron chi connectivity index (χ3n) is 7.62. The van der Waals surface area contributed by atoms with Gasteiger partial charge in [0.15, 0.2) is 0 Å². The van der Waals surface area contributed by atoms with E-state index in [1.165, 1.54) is 4.90 Å². The molecule has 0 unspecified atom stereocenters. The molecule has 6 atom stereocenters. The topological polar surface area (TPSA) is 66.5 Å². The molecule has 5 nitrogen and oxygen atoms in total. The maximum Gasteiger partial charge on any atom is 0.255 e. The van der Waals surface area contributed by atoms with Crippen LogP contribution in [0.4, 0.5) is 11.4 Å². The Balaban J connectivity index is 1.28. The van der Waals surface area contributed by atoms with Crippen LogP contribution in [-0.4, -0.2) is 17.7 Å². The lowest BCUT2D eigenvalue weighted by molar-refractivity contribution is -0.124. The van der Waals surface area contributed by atoms with Crippen molar-refractivity contribution in [2.24, 2.45) is 35.5 Å². The molecule has 2 bridgehead atoms. The van der Waals surface area contributed by atoms with Gasteiger partial charge in [-0.3, -0.25) is 14.4 Å². The number of hydrogen-bond donors (Lipinski definition) is 1. The molecule has 1 heterocycles. The zero-order valence-corrected chi connectivity index (χ0v) is 19.6. The van der Waals surface area contributed by atoms with Gasteiger partial charge in [0.25, 0.3) is 5.91 Å². The Morgan fingerprint density at radius 1 is 1.06 bits per heavy atom. The molecular weight excluding hydrogens is 492 g/mol. The fourth-order valence-corrected chi connectivity index (χ4v) is 6.57. The van der Waals surface area contributed by atoms with E-state index in [0.717, 1.165) is 16.5 Å². The molecule has 1 N–H and O–H groups in total. The van der Waals surface area contributed by atoms with E-state index in [1.54, 1.807) is 36.4 Å². The van der Waals surface area contributed by atoms with Crippen LogP contribution < -0.4 is 10.2 Å². The minimum Gasteiger partial charge on any atom is -0.322 e. The average Bonchev–Trinajstić information content (AvgIpc) is 3.57. The molecule has 4 aliphatic carbocycles. The van der Waals surface area contributed by atoms with E-state index in [0.29, 0.717) is 33.8 Å². The first-order chi connectivity index (χ1) is 15.4. The van der Waals surface area contributed by atoms with Crippen LogP contribution in [0.25, 0.3) is 0 Å². The summed E-state index contributed by atoms with van der Waals surface area (Å²) in [6.07, 6.45) is 5.44. The lowest BCUT2D eigenvalue weighted by Crippen LogP contribution is -2.40.